The van der Waals surface area contributed by atoms with Crippen molar-refractivity contribution < 1.29 is 9.47 Å². The van der Waals surface area contributed by atoms with Crippen LogP contribution in [0.25, 0.3) is 10.8 Å². The lowest BCUT2D eigenvalue weighted by molar-refractivity contribution is 0.145. The Morgan fingerprint density at radius 2 is 1.84 bits per heavy atom. The molecular weight excluding hydrogens is 503 g/mol. The minimum atomic E-state index is 0. The molecule has 0 unspecified atom stereocenters. The van der Waals surface area contributed by atoms with Gasteiger partial charge in [-0.05, 0) is 42.5 Å². The van der Waals surface area contributed by atoms with Crippen molar-refractivity contribution in [2.24, 2.45) is 4.99 Å². The normalized spacial score (nSPS) is 11.1. The van der Waals surface area contributed by atoms with E-state index in [0.717, 1.165) is 54.5 Å². The standard InChI is InChI=1S/C24H30N4O2.HI/c1-3-30-16-6-14-26-24(27-17-19-9-11-21(29-2)12-10-19)28-18-23-22-8-5-4-7-20(22)13-15-25-23;/h4-5,7-13,15H,3,6,14,16-18H2,1-2H3,(H2,26,27,28);1H. The lowest BCUT2D eigenvalue weighted by atomic mass is 10.1. The molecular formula is C24H31IN4O2. The van der Waals surface area contributed by atoms with Gasteiger partial charge in [-0.3, -0.25) is 4.98 Å². The first-order valence-corrected chi connectivity index (χ1v) is 10.4. The summed E-state index contributed by atoms with van der Waals surface area (Å²) in [6.07, 6.45) is 2.77. The molecule has 0 atom stereocenters. The molecule has 0 spiro atoms. The first-order valence-electron chi connectivity index (χ1n) is 10.4. The summed E-state index contributed by atoms with van der Waals surface area (Å²) in [4.78, 5) is 9.31. The Bertz CT molecular complexity index is 942. The van der Waals surface area contributed by atoms with Crippen molar-refractivity contribution in [1.29, 1.82) is 0 Å². The van der Waals surface area contributed by atoms with Crippen LogP contribution in [-0.2, 0) is 17.8 Å². The van der Waals surface area contributed by atoms with Gasteiger partial charge in [-0.15, -0.1) is 24.0 Å². The number of nitrogens with one attached hydrogen (secondary N) is 2. The van der Waals surface area contributed by atoms with Crippen LogP contribution in [0.2, 0.25) is 0 Å². The van der Waals surface area contributed by atoms with Gasteiger partial charge in [0, 0.05) is 31.3 Å². The molecule has 3 aromatic rings. The van der Waals surface area contributed by atoms with Crippen LogP contribution >= 0.6 is 24.0 Å². The van der Waals surface area contributed by atoms with Crippen LogP contribution in [0.15, 0.2) is 65.8 Å². The monoisotopic (exact) mass is 534 g/mol. The number of halogens is 1. The summed E-state index contributed by atoms with van der Waals surface area (Å²) in [5.41, 5.74) is 2.12. The number of guanidine groups is 1. The van der Waals surface area contributed by atoms with Crippen molar-refractivity contribution in [1.82, 2.24) is 15.6 Å². The summed E-state index contributed by atoms with van der Waals surface area (Å²) in [7, 11) is 1.67. The van der Waals surface area contributed by atoms with Crippen LogP contribution in [0.5, 0.6) is 5.75 Å². The molecule has 0 aliphatic carbocycles. The zero-order valence-electron chi connectivity index (χ0n) is 18.1. The van der Waals surface area contributed by atoms with Gasteiger partial charge in [0.1, 0.15) is 5.75 Å². The van der Waals surface area contributed by atoms with E-state index in [9.17, 15) is 0 Å². The molecule has 166 valence electrons. The van der Waals surface area contributed by atoms with Gasteiger partial charge in [-0.25, -0.2) is 4.99 Å². The van der Waals surface area contributed by atoms with Gasteiger partial charge in [-0.2, -0.15) is 0 Å². The average Bonchev–Trinajstić information content (AvgIpc) is 2.80. The fraction of sp³-hybridized carbons (Fsp3) is 0.333. The highest BCUT2D eigenvalue weighted by molar-refractivity contribution is 14.0. The summed E-state index contributed by atoms with van der Waals surface area (Å²) in [5.74, 6) is 1.61. The maximum Gasteiger partial charge on any atom is 0.191 e. The average molecular weight is 534 g/mol. The number of aromatic nitrogens is 1. The highest BCUT2D eigenvalue weighted by atomic mass is 127. The molecule has 0 radical (unpaired) electrons. The van der Waals surface area contributed by atoms with E-state index < -0.39 is 0 Å². The third kappa shape index (κ3) is 7.99. The predicted octanol–water partition coefficient (Wildman–Crippen LogP) is 4.52. The molecule has 3 rings (SSSR count). The maximum absolute atomic E-state index is 5.42. The molecule has 0 aliphatic heterocycles. The molecule has 0 saturated carbocycles. The van der Waals surface area contributed by atoms with E-state index in [1.165, 1.54) is 5.39 Å². The molecule has 7 heteroatoms. The second kappa shape index (κ2) is 13.8. The SMILES string of the molecule is CCOCCCNC(=NCc1ccc(OC)cc1)NCc1nccc2ccccc12.I. The molecule has 2 N–H and O–H groups in total. The molecule has 0 aliphatic rings. The number of fused-ring (bicyclic) bond motifs is 1. The summed E-state index contributed by atoms with van der Waals surface area (Å²) >= 11 is 0. The lowest BCUT2D eigenvalue weighted by Crippen LogP contribution is -2.38. The summed E-state index contributed by atoms with van der Waals surface area (Å²) in [6.45, 7) is 5.45. The van der Waals surface area contributed by atoms with Crippen LogP contribution in [0.4, 0.5) is 0 Å². The van der Waals surface area contributed by atoms with Crippen molar-refractivity contribution in [3.8, 4) is 5.75 Å². The van der Waals surface area contributed by atoms with Crippen molar-refractivity contribution >= 4 is 40.7 Å². The second-order valence-electron chi connectivity index (χ2n) is 6.82. The van der Waals surface area contributed by atoms with Crippen molar-refractivity contribution in [2.75, 3.05) is 26.9 Å². The Morgan fingerprint density at radius 1 is 1.03 bits per heavy atom. The van der Waals surface area contributed by atoms with Gasteiger partial charge >= 0.3 is 0 Å². The van der Waals surface area contributed by atoms with Gasteiger partial charge in [0.25, 0.3) is 0 Å². The Morgan fingerprint density at radius 3 is 2.61 bits per heavy atom. The molecule has 2 aromatic carbocycles. The number of aliphatic imine (C=N–C) groups is 1. The number of benzene rings is 2. The fourth-order valence-corrected chi connectivity index (χ4v) is 3.09. The number of hydrogen-bond acceptors (Lipinski definition) is 4. The molecule has 0 fully saturated rings. The highest BCUT2D eigenvalue weighted by Crippen LogP contribution is 2.16. The van der Waals surface area contributed by atoms with E-state index in [2.05, 4.69) is 27.8 Å². The number of pyridine rings is 1. The largest absolute Gasteiger partial charge is 0.497 e. The highest BCUT2D eigenvalue weighted by Gasteiger charge is 2.04. The van der Waals surface area contributed by atoms with E-state index >= 15 is 0 Å². The summed E-state index contributed by atoms with van der Waals surface area (Å²) in [6, 6.07) is 18.3. The molecule has 0 bridgehead atoms. The molecule has 0 amide bonds. The van der Waals surface area contributed by atoms with Crippen LogP contribution in [-0.4, -0.2) is 37.8 Å². The Hall–Kier alpha value is -2.39. The van der Waals surface area contributed by atoms with Gasteiger partial charge in [0.15, 0.2) is 5.96 Å². The molecule has 0 saturated heterocycles. The van der Waals surface area contributed by atoms with Crippen LogP contribution in [0.1, 0.15) is 24.6 Å². The fourth-order valence-electron chi connectivity index (χ4n) is 3.09. The van der Waals surface area contributed by atoms with E-state index in [4.69, 9.17) is 14.5 Å². The quantitative estimate of drug-likeness (QED) is 0.173. The predicted molar refractivity (Wildman–Crippen MR) is 137 cm³/mol. The Kier molecular flexibility index (Phi) is 11.1. The van der Waals surface area contributed by atoms with E-state index in [1.54, 1.807) is 7.11 Å². The minimum absolute atomic E-state index is 0. The van der Waals surface area contributed by atoms with Gasteiger partial charge in [-0.1, -0.05) is 36.4 Å². The van der Waals surface area contributed by atoms with Crippen molar-refractivity contribution in [3.63, 3.8) is 0 Å². The number of methoxy groups -OCH3 is 1. The molecule has 31 heavy (non-hydrogen) atoms. The van der Waals surface area contributed by atoms with Crippen molar-refractivity contribution in [2.45, 2.75) is 26.4 Å². The first kappa shape index (κ1) is 24.9. The van der Waals surface area contributed by atoms with E-state index in [1.807, 2.05) is 55.6 Å². The van der Waals surface area contributed by atoms with Gasteiger partial charge in [0.2, 0.25) is 0 Å². The molecule has 1 aromatic heterocycles. The van der Waals surface area contributed by atoms with Crippen LogP contribution < -0.4 is 15.4 Å². The summed E-state index contributed by atoms with van der Waals surface area (Å²) in [5, 5.41) is 9.16. The zero-order valence-corrected chi connectivity index (χ0v) is 20.5. The van der Waals surface area contributed by atoms with Gasteiger partial charge < -0.3 is 20.1 Å². The number of ether oxygens (including phenoxy) is 2. The number of rotatable bonds is 10. The third-order valence-electron chi connectivity index (χ3n) is 4.72. The topological polar surface area (TPSA) is 67.8 Å². The number of nitrogens with zero attached hydrogens (tertiary/aromatic N) is 2. The smallest absolute Gasteiger partial charge is 0.191 e. The van der Waals surface area contributed by atoms with E-state index in [-0.39, 0.29) is 24.0 Å². The molecule has 1 heterocycles. The zero-order chi connectivity index (χ0) is 21.0. The van der Waals surface area contributed by atoms with Crippen LogP contribution in [0, 0.1) is 0 Å². The summed E-state index contributed by atoms with van der Waals surface area (Å²) < 4.78 is 10.6. The minimum Gasteiger partial charge on any atom is -0.497 e. The van der Waals surface area contributed by atoms with Crippen LogP contribution in [0.3, 0.4) is 0 Å². The third-order valence-corrected chi connectivity index (χ3v) is 4.72. The Balaban J connectivity index is 0.00000341. The Labute approximate surface area is 201 Å². The maximum atomic E-state index is 5.42. The first-order chi connectivity index (χ1) is 14.8. The lowest BCUT2D eigenvalue weighted by Gasteiger charge is -2.13. The second-order valence-corrected chi connectivity index (χ2v) is 6.82. The van der Waals surface area contributed by atoms with Gasteiger partial charge in [0.05, 0.1) is 25.9 Å². The van der Waals surface area contributed by atoms with Crippen molar-refractivity contribution in [3.05, 3.63) is 72.1 Å². The number of hydrogen-bond donors (Lipinski definition) is 2. The van der Waals surface area contributed by atoms with E-state index in [0.29, 0.717) is 13.1 Å². The molecule has 6 nitrogen and oxygen atoms in total.